The number of thiazole rings is 1. The van der Waals surface area contributed by atoms with Crippen molar-refractivity contribution in [2.24, 2.45) is 0 Å². The Kier molecular flexibility index (Phi) is 13.0. The van der Waals surface area contributed by atoms with Gasteiger partial charge in [0.05, 0.1) is 24.5 Å². The Bertz CT molecular complexity index is 1750. The number of hydrogen-bond donors (Lipinski definition) is 3. The highest BCUT2D eigenvalue weighted by atomic mass is 32.1. The minimum atomic E-state index is -1.19. The zero-order valence-corrected chi connectivity index (χ0v) is 29.0. The number of halogens is 2. The summed E-state index contributed by atoms with van der Waals surface area (Å²) < 4.78 is 39.8. The molecule has 3 N–H and O–H groups in total. The number of carbonyl (C=O) groups excluding carboxylic acids is 5. The number of anilines is 2. The molecular weight excluding hydrogens is 686 g/mol. The van der Waals surface area contributed by atoms with Crippen LogP contribution in [0.4, 0.5) is 19.6 Å². The highest BCUT2D eigenvalue weighted by Crippen LogP contribution is 2.36. The lowest BCUT2D eigenvalue weighted by atomic mass is 10.0. The van der Waals surface area contributed by atoms with Crippen LogP contribution in [0, 0.1) is 11.6 Å². The van der Waals surface area contributed by atoms with Crippen molar-refractivity contribution in [1.29, 1.82) is 0 Å². The van der Waals surface area contributed by atoms with Gasteiger partial charge in [-0.3, -0.25) is 29.3 Å². The van der Waals surface area contributed by atoms with Crippen molar-refractivity contribution in [3.8, 4) is 17.0 Å². The Hall–Kier alpha value is -4.96. The third kappa shape index (κ3) is 9.43. The fraction of sp³-hybridized carbons (Fsp3) is 0.429. The summed E-state index contributed by atoms with van der Waals surface area (Å²) in [6.07, 6.45) is 3.87. The predicted molar refractivity (Wildman–Crippen MR) is 186 cm³/mol. The zero-order valence-electron chi connectivity index (χ0n) is 28.2. The summed E-state index contributed by atoms with van der Waals surface area (Å²) in [5.41, 5.74) is 1.47. The van der Waals surface area contributed by atoms with Gasteiger partial charge in [-0.05, 0) is 37.5 Å². The maximum Gasteiger partial charge on any atom is 0.257 e. The highest BCUT2D eigenvalue weighted by Gasteiger charge is 2.34. The first-order chi connectivity index (χ1) is 24.7. The van der Waals surface area contributed by atoms with Crippen molar-refractivity contribution < 1.29 is 42.2 Å². The lowest BCUT2D eigenvalue weighted by molar-refractivity contribution is -0.136. The summed E-state index contributed by atoms with van der Waals surface area (Å²) in [6.45, 7) is 2.88. The molecule has 0 bridgehead atoms. The standard InChI is InChI=1S/C35H40F2N6O7S/c1-42(27-11-12-28(45)41-33(27)47)34(48)30-22(19-44)7-6-8-25(30)38-13-4-2-3-5-14-39-29(46)20-50-32-23(9-10-24(36)31(32)37)26-21-51-35(40-26)43-15-17-49-18-16-43/h6-10,19,21,27,38H,2-5,11-18,20H2,1H3,(H,39,46)(H,41,45,47). The number of aldehydes is 1. The Morgan fingerprint density at radius 1 is 1.12 bits per heavy atom. The van der Waals surface area contributed by atoms with E-state index in [0.29, 0.717) is 63.5 Å². The number of piperidine rings is 1. The monoisotopic (exact) mass is 726 g/mol. The Balaban J connectivity index is 1.04. The lowest BCUT2D eigenvalue weighted by Crippen LogP contribution is -2.53. The van der Waals surface area contributed by atoms with E-state index in [2.05, 4.69) is 25.8 Å². The Morgan fingerprint density at radius 3 is 2.63 bits per heavy atom. The van der Waals surface area contributed by atoms with Gasteiger partial charge in [0, 0.05) is 61.8 Å². The van der Waals surface area contributed by atoms with Crippen molar-refractivity contribution in [2.75, 3.05) is 63.3 Å². The SMILES string of the molecule is CN(C(=O)c1c(C=O)cccc1NCCCCCCNC(=O)COc1c(-c2csc(N3CCOCC3)n2)ccc(F)c1F)C1CCC(=O)NC1=O. The summed E-state index contributed by atoms with van der Waals surface area (Å²) >= 11 is 1.38. The Labute approximate surface area is 297 Å². The summed E-state index contributed by atoms with van der Waals surface area (Å²) in [5, 5.41) is 10.7. The van der Waals surface area contributed by atoms with Crippen LogP contribution in [-0.2, 0) is 19.1 Å². The maximum absolute atomic E-state index is 14.8. The number of benzene rings is 2. The fourth-order valence-electron chi connectivity index (χ4n) is 5.83. The number of nitrogens with one attached hydrogen (secondary N) is 3. The van der Waals surface area contributed by atoms with Crippen LogP contribution in [0.2, 0.25) is 0 Å². The summed E-state index contributed by atoms with van der Waals surface area (Å²) in [6, 6.07) is 6.44. The van der Waals surface area contributed by atoms with Gasteiger partial charge in [0.2, 0.25) is 17.6 Å². The molecule has 0 saturated carbocycles. The van der Waals surface area contributed by atoms with Gasteiger partial charge in [0.1, 0.15) is 6.04 Å². The molecule has 4 amide bonds. The van der Waals surface area contributed by atoms with Crippen molar-refractivity contribution >= 4 is 52.1 Å². The first-order valence-electron chi connectivity index (χ1n) is 16.8. The summed E-state index contributed by atoms with van der Waals surface area (Å²) in [5.74, 6) is -4.58. The van der Waals surface area contributed by atoms with Gasteiger partial charge in [-0.2, -0.15) is 4.39 Å². The average molecular weight is 727 g/mol. The van der Waals surface area contributed by atoms with E-state index >= 15 is 0 Å². The molecule has 2 aromatic carbocycles. The topological polar surface area (TPSA) is 159 Å². The molecule has 1 aromatic heterocycles. The lowest BCUT2D eigenvalue weighted by Gasteiger charge is -2.30. The minimum Gasteiger partial charge on any atom is -0.480 e. The molecule has 5 rings (SSSR count). The number of aromatic nitrogens is 1. The zero-order chi connectivity index (χ0) is 36.3. The van der Waals surface area contributed by atoms with Crippen molar-refractivity contribution in [1.82, 2.24) is 20.5 Å². The molecule has 3 heterocycles. The third-order valence-corrected chi connectivity index (χ3v) is 9.53. The van der Waals surface area contributed by atoms with Gasteiger partial charge in [-0.15, -0.1) is 11.3 Å². The first kappa shape index (κ1) is 37.3. The number of imide groups is 1. The number of ether oxygens (including phenoxy) is 2. The molecular formula is C35H40F2N6O7S. The molecule has 3 aromatic rings. The molecule has 1 atom stereocenters. The number of morpholine rings is 1. The second kappa shape index (κ2) is 17.8. The number of hydrogen-bond acceptors (Lipinski definition) is 11. The summed E-state index contributed by atoms with van der Waals surface area (Å²) in [7, 11) is 1.47. The molecule has 272 valence electrons. The largest absolute Gasteiger partial charge is 0.480 e. The molecule has 0 spiro atoms. The van der Waals surface area contributed by atoms with E-state index in [1.54, 1.807) is 17.5 Å². The van der Waals surface area contributed by atoms with E-state index in [9.17, 15) is 32.8 Å². The van der Waals surface area contributed by atoms with Gasteiger partial charge in [-0.25, -0.2) is 9.37 Å². The van der Waals surface area contributed by atoms with Crippen molar-refractivity contribution in [2.45, 2.75) is 44.6 Å². The second-order valence-corrected chi connectivity index (χ2v) is 12.9. The summed E-state index contributed by atoms with van der Waals surface area (Å²) in [4.78, 5) is 69.4. The van der Waals surface area contributed by atoms with Crippen molar-refractivity contribution in [3.05, 3.63) is 58.5 Å². The first-order valence-corrected chi connectivity index (χ1v) is 17.6. The van der Waals surface area contributed by atoms with Gasteiger partial charge in [-0.1, -0.05) is 25.0 Å². The molecule has 2 fully saturated rings. The molecule has 13 nitrogen and oxygen atoms in total. The quantitative estimate of drug-likeness (QED) is 0.113. The average Bonchev–Trinajstić information content (AvgIpc) is 3.63. The second-order valence-electron chi connectivity index (χ2n) is 12.1. The Morgan fingerprint density at radius 2 is 1.88 bits per heavy atom. The molecule has 51 heavy (non-hydrogen) atoms. The van der Waals surface area contributed by atoms with Gasteiger partial charge in [0.15, 0.2) is 29.6 Å². The van der Waals surface area contributed by atoms with Crippen LogP contribution < -0.4 is 25.6 Å². The molecule has 2 aliphatic rings. The predicted octanol–water partition coefficient (Wildman–Crippen LogP) is 3.78. The van der Waals surface area contributed by atoms with Crippen LogP contribution in [0.3, 0.4) is 0 Å². The van der Waals surface area contributed by atoms with Crippen LogP contribution in [0.25, 0.3) is 11.3 Å². The van der Waals surface area contributed by atoms with Crippen LogP contribution in [0.5, 0.6) is 5.75 Å². The van der Waals surface area contributed by atoms with E-state index in [4.69, 9.17) is 9.47 Å². The third-order valence-electron chi connectivity index (χ3n) is 8.62. The van der Waals surface area contributed by atoms with Crippen LogP contribution in [0.15, 0.2) is 35.7 Å². The molecule has 0 aliphatic carbocycles. The number of unbranched alkanes of at least 4 members (excludes halogenated alkanes) is 3. The molecule has 2 aliphatic heterocycles. The smallest absolute Gasteiger partial charge is 0.257 e. The number of carbonyl (C=O) groups is 5. The van der Waals surface area contributed by atoms with Gasteiger partial charge < -0.3 is 29.9 Å². The number of nitrogens with zero attached hydrogens (tertiary/aromatic N) is 3. The van der Waals surface area contributed by atoms with E-state index in [1.165, 1.54) is 35.4 Å². The van der Waals surface area contributed by atoms with Gasteiger partial charge in [0.25, 0.3) is 11.8 Å². The number of rotatable bonds is 16. The van der Waals surface area contributed by atoms with Gasteiger partial charge >= 0.3 is 0 Å². The fourth-order valence-corrected chi connectivity index (χ4v) is 6.71. The van der Waals surface area contributed by atoms with Crippen molar-refractivity contribution in [3.63, 3.8) is 0 Å². The van der Waals surface area contributed by atoms with E-state index < -0.39 is 42.0 Å². The van der Waals surface area contributed by atoms with Crippen LogP contribution in [-0.4, -0.2) is 98.9 Å². The molecule has 16 heteroatoms. The molecule has 1 unspecified atom stereocenters. The number of amides is 4. The van der Waals surface area contributed by atoms with Crippen LogP contribution >= 0.6 is 11.3 Å². The minimum absolute atomic E-state index is 0.118. The molecule has 0 radical (unpaired) electrons. The number of likely N-dealkylation sites (N-methyl/N-ethyl adjacent to an activating group) is 1. The van der Waals surface area contributed by atoms with Crippen LogP contribution in [0.1, 0.15) is 59.2 Å². The van der Waals surface area contributed by atoms with E-state index in [1.807, 2.05) is 0 Å². The van der Waals surface area contributed by atoms with E-state index in [-0.39, 0.29) is 41.2 Å². The molecule has 2 saturated heterocycles. The maximum atomic E-state index is 14.8. The normalized spacial score (nSPS) is 16.0. The van der Waals surface area contributed by atoms with E-state index in [0.717, 1.165) is 30.5 Å². The highest BCUT2D eigenvalue weighted by molar-refractivity contribution is 7.14.